The Morgan fingerprint density at radius 2 is 1.89 bits per heavy atom. The fourth-order valence-electron chi connectivity index (χ4n) is 3.11. The predicted molar refractivity (Wildman–Crippen MR) is 101 cm³/mol. The van der Waals surface area contributed by atoms with Crippen LogP contribution in [0.5, 0.6) is 0 Å². The van der Waals surface area contributed by atoms with Crippen molar-refractivity contribution in [1.29, 1.82) is 0 Å². The Hall–Kier alpha value is -2.70. The number of aliphatic carboxylic acids is 1. The number of carboxylic acid groups (broad SMARTS) is 1. The number of fused-ring (bicyclic) bond motifs is 1. The van der Waals surface area contributed by atoms with E-state index >= 15 is 0 Å². The van der Waals surface area contributed by atoms with Crippen LogP contribution in [0.1, 0.15) is 46.6 Å². The van der Waals surface area contributed by atoms with E-state index in [-0.39, 0.29) is 23.8 Å². The fraction of sp³-hybridized carbons (Fsp3) is 0.500. The molecule has 0 saturated carbocycles. The van der Waals surface area contributed by atoms with Crippen molar-refractivity contribution >= 4 is 22.8 Å². The molecule has 2 aromatic rings. The normalized spacial score (nSPS) is 14.7. The SMILES string of the molecule is CC[C@H](C)[C@@H](C(=O)N[C@@H](CC(C)C)C(=O)[O-])n1cnc2ccccc2c1=O. The number of benzene rings is 1. The molecular weight excluding hydrogens is 346 g/mol. The highest BCUT2D eigenvalue weighted by molar-refractivity contribution is 5.86. The largest absolute Gasteiger partial charge is 0.548 e. The number of carbonyl (C=O) groups excluding carboxylic acids is 2. The van der Waals surface area contributed by atoms with Crippen molar-refractivity contribution in [3.8, 4) is 0 Å². The summed E-state index contributed by atoms with van der Waals surface area (Å²) in [5.74, 6) is -1.96. The van der Waals surface area contributed by atoms with E-state index < -0.39 is 24.0 Å². The molecule has 0 fully saturated rings. The van der Waals surface area contributed by atoms with E-state index in [1.807, 2.05) is 27.7 Å². The molecule has 0 spiro atoms. The minimum atomic E-state index is -1.33. The minimum Gasteiger partial charge on any atom is -0.548 e. The maximum Gasteiger partial charge on any atom is 0.261 e. The van der Waals surface area contributed by atoms with Crippen LogP contribution in [-0.4, -0.2) is 27.5 Å². The van der Waals surface area contributed by atoms with Gasteiger partial charge in [0.15, 0.2) is 0 Å². The smallest absolute Gasteiger partial charge is 0.261 e. The van der Waals surface area contributed by atoms with Crippen molar-refractivity contribution in [1.82, 2.24) is 14.9 Å². The summed E-state index contributed by atoms with van der Waals surface area (Å²) >= 11 is 0. The number of nitrogens with zero attached hydrogens (tertiary/aromatic N) is 2. The maximum atomic E-state index is 12.9. The van der Waals surface area contributed by atoms with Gasteiger partial charge in [-0.3, -0.25) is 14.2 Å². The van der Waals surface area contributed by atoms with Gasteiger partial charge in [-0.1, -0.05) is 46.2 Å². The quantitative estimate of drug-likeness (QED) is 0.751. The average Bonchev–Trinajstić information content (AvgIpc) is 2.62. The van der Waals surface area contributed by atoms with Gasteiger partial charge in [0.1, 0.15) is 6.04 Å². The third-order valence-corrected chi connectivity index (χ3v) is 4.75. The number of carboxylic acids is 1. The molecule has 0 aliphatic carbocycles. The molecule has 1 heterocycles. The van der Waals surface area contributed by atoms with E-state index in [4.69, 9.17) is 0 Å². The molecule has 1 amide bonds. The van der Waals surface area contributed by atoms with Crippen LogP contribution in [-0.2, 0) is 9.59 Å². The van der Waals surface area contributed by atoms with Crippen LogP contribution in [0.2, 0.25) is 0 Å². The second-order valence-corrected chi connectivity index (χ2v) is 7.31. The topological polar surface area (TPSA) is 104 Å². The second kappa shape index (κ2) is 8.79. The first-order chi connectivity index (χ1) is 12.8. The molecule has 0 aliphatic rings. The predicted octanol–water partition coefficient (Wildman–Crippen LogP) is 1.26. The first-order valence-electron chi connectivity index (χ1n) is 9.23. The monoisotopic (exact) mass is 372 g/mol. The van der Waals surface area contributed by atoms with E-state index in [0.717, 1.165) is 0 Å². The van der Waals surface area contributed by atoms with Crippen LogP contribution in [0, 0.1) is 11.8 Å². The van der Waals surface area contributed by atoms with Crippen LogP contribution in [0.25, 0.3) is 10.9 Å². The van der Waals surface area contributed by atoms with Gasteiger partial charge in [0.2, 0.25) is 5.91 Å². The molecule has 7 nitrogen and oxygen atoms in total. The number of hydrogen-bond donors (Lipinski definition) is 1. The van der Waals surface area contributed by atoms with Crippen molar-refractivity contribution in [2.45, 2.75) is 52.6 Å². The minimum absolute atomic E-state index is 0.0697. The van der Waals surface area contributed by atoms with Crippen molar-refractivity contribution in [3.63, 3.8) is 0 Å². The highest BCUT2D eigenvalue weighted by atomic mass is 16.4. The number of amides is 1. The van der Waals surface area contributed by atoms with Gasteiger partial charge in [-0.15, -0.1) is 0 Å². The number of para-hydroxylation sites is 1. The lowest BCUT2D eigenvalue weighted by molar-refractivity contribution is -0.308. The first-order valence-corrected chi connectivity index (χ1v) is 9.23. The zero-order valence-electron chi connectivity index (χ0n) is 16.1. The lowest BCUT2D eigenvalue weighted by Gasteiger charge is -2.28. The Bertz CT molecular complexity index is 875. The molecule has 1 aromatic carbocycles. The van der Waals surface area contributed by atoms with Gasteiger partial charge in [-0.05, 0) is 30.4 Å². The Balaban J connectivity index is 2.44. The van der Waals surface area contributed by atoms with Gasteiger partial charge in [0.25, 0.3) is 5.56 Å². The number of aromatic nitrogens is 2. The zero-order chi connectivity index (χ0) is 20.1. The summed E-state index contributed by atoms with van der Waals surface area (Å²) in [4.78, 5) is 41.5. The summed E-state index contributed by atoms with van der Waals surface area (Å²) in [5.41, 5.74) is 0.226. The van der Waals surface area contributed by atoms with Gasteiger partial charge >= 0.3 is 0 Å². The Morgan fingerprint density at radius 3 is 2.48 bits per heavy atom. The van der Waals surface area contributed by atoms with Gasteiger partial charge in [0, 0.05) is 0 Å². The molecule has 2 rings (SSSR count). The fourth-order valence-corrected chi connectivity index (χ4v) is 3.11. The number of hydrogen-bond acceptors (Lipinski definition) is 5. The van der Waals surface area contributed by atoms with Gasteiger partial charge < -0.3 is 15.2 Å². The van der Waals surface area contributed by atoms with E-state index in [1.165, 1.54) is 10.9 Å². The third kappa shape index (κ3) is 4.72. The summed E-state index contributed by atoms with van der Waals surface area (Å²) in [6.07, 6.45) is 2.25. The van der Waals surface area contributed by atoms with E-state index in [0.29, 0.717) is 17.3 Å². The van der Waals surface area contributed by atoms with E-state index in [2.05, 4.69) is 10.3 Å². The molecule has 0 radical (unpaired) electrons. The summed E-state index contributed by atoms with van der Waals surface area (Å²) < 4.78 is 1.30. The standard InChI is InChI=1S/C20H27N3O4/c1-5-13(4)17(18(24)22-16(20(26)27)10-12(2)3)23-11-21-15-9-7-6-8-14(15)19(23)25/h6-9,11-13,16-17H,5,10H2,1-4H3,(H,22,24)(H,26,27)/p-1/t13-,16-,17-/m0/s1. The van der Waals surface area contributed by atoms with Crippen LogP contribution < -0.4 is 16.0 Å². The highest BCUT2D eigenvalue weighted by Crippen LogP contribution is 2.21. The molecule has 0 aliphatic heterocycles. The molecule has 1 N–H and O–H groups in total. The molecule has 27 heavy (non-hydrogen) atoms. The van der Waals surface area contributed by atoms with Gasteiger partial charge in [-0.25, -0.2) is 4.98 Å². The molecule has 3 atom stereocenters. The van der Waals surface area contributed by atoms with E-state index in [9.17, 15) is 19.5 Å². The highest BCUT2D eigenvalue weighted by Gasteiger charge is 2.29. The molecule has 1 aromatic heterocycles. The summed E-state index contributed by atoms with van der Waals surface area (Å²) in [7, 11) is 0. The summed E-state index contributed by atoms with van der Waals surface area (Å²) in [6, 6.07) is 4.96. The first kappa shape index (κ1) is 20.6. The van der Waals surface area contributed by atoms with Gasteiger partial charge in [0.05, 0.1) is 29.2 Å². The van der Waals surface area contributed by atoms with Crippen molar-refractivity contribution in [3.05, 3.63) is 40.9 Å². The molecule has 0 bridgehead atoms. The van der Waals surface area contributed by atoms with Crippen molar-refractivity contribution in [2.24, 2.45) is 11.8 Å². The zero-order valence-corrected chi connectivity index (χ0v) is 16.1. The Kier molecular flexibility index (Phi) is 6.71. The number of carbonyl (C=O) groups is 2. The second-order valence-electron chi connectivity index (χ2n) is 7.31. The van der Waals surface area contributed by atoms with Crippen LogP contribution >= 0.6 is 0 Å². The molecule has 146 valence electrons. The third-order valence-electron chi connectivity index (χ3n) is 4.75. The number of rotatable bonds is 8. The Morgan fingerprint density at radius 1 is 1.22 bits per heavy atom. The van der Waals surface area contributed by atoms with E-state index in [1.54, 1.807) is 24.3 Å². The van der Waals surface area contributed by atoms with Crippen molar-refractivity contribution < 1.29 is 14.7 Å². The Labute approximate surface area is 158 Å². The molecule has 0 unspecified atom stereocenters. The average molecular weight is 372 g/mol. The van der Waals surface area contributed by atoms with Crippen molar-refractivity contribution in [2.75, 3.05) is 0 Å². The maximum absolute atomic E-state index is 12.9. The van der Waals surface area contributed by atoms with Crippen LogP contribution in [0.4, 0.5) is 0 Å². The summed E-state index contributed by atoms with van der Waals surface area (Å²) in [6.45, 7) is 7.50. The molecule has 0 saturated heterocycles. The molecule has 7 heteroatoms. The number of nitrogens with one attached hydrogen (secondary N) is 1. The lowest BCUT2D eigenvalue weighted by atomic mass is 9.96. The van der Waals surface area contributed by atoms with Crippen LogP contribution in [0.15, 0.2) is 35.4 Å². The van der Waals surface area contributed by atoms with Gasteiger partial charge in [-0.2, -0.15) is 0 Å². The lowest BCUT2D eigenvalue weighted by Crippen LogP contribution is -2.51. The molecular formula is C20H26N3O4-. The summed E-state index contributed by atoms with van der Waals surface area (Å²) in [5, 5.41) is 14.4. The van der Waals surface area contributed by atoms with Crippen LogP contribution in [0.3, 0.4) is 0 Å².